The van der Waals surface area contributed by atoms with Crippen LogP contribution in [0.2, 0.25) is 10.0 Å². The quantitative estimate of drug-likeness (QED) is 0.628. The molecule has 0 saturated carbocycles. The molecule has 0 amide bonds. The van der Waals surface area contributed by atoms with Crippen LogP contribution in [0.4, 0.5) is 0 Å². The van der Waals surface area contributed by atoms with Crippen molar-refractivity contribution in [3.8, 4) is 0 Å². The largest absolute Gasteiger partial charge is 0.289 e. The van der Waals surface area contributed by atoms with Crippen LogP contribution < -0.4 is 0 Å². The molecule has 0 aliphatic rings. The summed E-state index contributed by atoms with van der Waals surface area (Å²) in [5, 5.41) is 4.99. The highest BCUT2D eigenvalue weighted by molar-refractivity contribution is 6.37. The van der Waals surface area contributed by atoms with Crippen molar-refractivity contribution in [2.75, 3.05) is 0 Å². The molecular formula is C14H12Cl2N2O. The van der Waals surface area contributed by atoms with Gasteiger partial charge in [0.25, 0.3) is 0 Å². The molecule has 0 unspecified atom stereocenters. The summed E-state index contributed by atoms with van der Waals surface area (Å²) in [5.41, 5.74) is 1.31. The molecule has 19 heavy (non-hydrogen) atoms. The SMILES string of the molecule is CCn1nccc1/C=C/C(=O)c1ccc(Cl)cc1Cl. The molecule has 5 heteroatoms. The van der Waals surface area contributed by atoms with Gasteiger partial charge in [0.05, 0.1) is 10.7 Å². The third-order valence-electron chi connectivity index (χ3n) is 2.65. The summed E-state index contributed by atoms with van der Waals surface area (Å²) in [6, 6.07) is 6.66. The molecule has 0 bridgehead atoms. The Labute approximate surface area is 121 Å². The Balaban J connectivity index is 2.21. The Bertz CT molecular complexity index is 632. The lowest BCUT2D eigenvalue weighted by Gasteiger charge is -2.01. The van der Waals surface area contributed by atoms with E-state index in [-0.39, 0.29) is 5.78 Å². The molecule has 0 saturated heterocycles. The second kappa shape index (κ2) is 6.04. The number of aromatic nitrogens is 2. The fourth-order valence-electron chi connectivity index (χ4n) is 1.69. The van der Waals surface area contributed by atoms with Gasteiger partial charge in [0.15, 0.2) is 5.78 Å². The number of ketones is 1. The van der Waals surface area contributed by atoms with E-state index in [0.717, 1.165) is 12.2 Å². The summed E-state index contributed by atoms with van der Waals surface area (Å²) < 4.78 is 1.80. The number of hydrogen-bond donors (Lipinski definition) is 0. The molecule has 0 aliphatic carbocycles. The van der Waals surface area contributed by atoms with Crippen LogP contribution in [0.3, 0.4) is 0 Å². The maximum absolute atomic E-state index is 12.0. The van der Waals surface area contributed by atoms with Crippen molar-refractivity contribution in [2.24, 2.45) is 0 Å². The van der Waals surface area contributed by atoms with Gasteiger partial charge in [-0.3, -0.25) is 9.48 Å². The van der Waals surface area contributed by atoms with E-state index in [0.29, 0.717) is 15.6 Å². The van der Waals surface area contributed by atoms with Crippen LogP contribution in [-0.4, -0.2) is 15.6 Å². The molecule has 0 fully saturated rings. The van der Waals surface area contributed by atoms with E-state index < -0.39 is 0 Å². The smallest absolute Gasteiger partial charge is 0.187 e. The Morgan fingerprint density at radius 1 is 1.37 bits per heavy atom. The summed E-state index contributed by atoms with van der Waals surface area (Å²) in [6.45, 7) is 2.74. The fourth-order valence-corrected chi connectivity index (χ4v) is 2.19. The zero-order chi connectivity index (χ0) is 13.8. The van der Waals surface area contributed by atoms with E-state index in [9.17, 15) is 4.79 Å². The van der Waals surface area contributed by atoms with Crippen molar-refractivity contribution in [1.82, 2.24) is 9.78 Å². The molecule has 0 atom stereocenters. The molecule has 0 spiro atoms. The van der Waals surface area contributed by atoms with Gasteiger partial charge in [0.2, 0.25) is 0 Å². The Morgan fingerprint density at radius 3 is 2.84 bits per heavy atom. The van der Waals surface area contributed by atoms with Crippen molar-refractivity contribution in [3.63, 3.8) is 0 Å². The summed E-state index contributed by atoms with van der Waals surface area (Å²) in [5.74, 6) is -0.162. The number of rotatable bonds is 4. The highest BCUT2D eigenvalue weighted by Crippen LogP contribution is 2.21. The van der Waals surface area contributed by atoms with E-state index in [4.69, 9.17) is 23.2 Å². The van der Waals surface area contributed by atoms with E-state index in [1.807, 2.05) is 13.0 Å². The minimum atomic E-state index is -0.162. The van der Waals surface area contributed by atoms with Gasteiger partial charge in [-0.2, -0.15) is 5.10 Å². The predicted molar refractivity (Wildman–Crippen MR) is 77.7 cm³/mol. The monoisotopic (exact) mass is 294 g/mol. The first kappa shape index (κ1) is 13.8. The van der Waals surface area contributed by atoms with Crippen molar-refractivity contribution in [1.29, 1.82) is 0 Å². The lowest BCUT2D eigenvalue weighted by molar-refractivity contribution is 0.104. The van der Waals surface area contributed by atoms with Gasteiger partial charge in [-0.25, -0.2) is 0 Å². The van der Waals surface area contributed by atoms with Crippen molar-refractivity contribution < 1.29 is 4.79 Å². The molecule has 0 N–H and O–H groups in total. The zero-order valence-corrected chi connectivity index (χ0v) is 11.8. The predicted octanol–water partition coefficient (Wildman–Crippen LogP) is 4.11. The second-order valence-electron chi connectivity index (χ2n) is 3.89. The first-order valence-corrected chi connectivity index (χ1v) is 6.56. The first-order valence-electron chi connectivity index (χ1n) is 5.81. The average molecular weight is 295 g/mol. The topological polar surface area (TPSA) is 34.9 Å². The molecule has 1 aromatic heterocycles. The van der Waals surface area contributed by atoms with Crippen LogP contribution in [0.5, 0.6) is 0 Å². The molecule has 1 heterocycles. The molecule has 2 aromatic rings. The van der Waals surface area contributed by atoms with E-state index in [2.05, 4.69) is 5.10 Å². The molecule has 2 rings (SSSR count). The number of halogens is 2. The molecular weight excluding hydrogens is 283 g/mol. The molecule has 0 aliphatic heterocycles. The maximum atomic E-state index is 12.0. The standard InChI is InChI=1S/C14H12Cl2N2O/c1-2-18-11(7-8-17-18)4-6-14(19)12-5-3-10(15)9-13(12)16/h3-9H,2H2,1H3/b6-4+. The summed E-state index contributed by atoms with van der Waals surface area (Å²) in [7, 11) is 0. The summed E-state index contributed by atoms with van der Waals surface area (Å²) in [6.07, 6.45) is 4.91. The number of carbonyl (C=O) groups excluding carboxylic acids is 1. The van der Waals surface area contributed by atoms with Crippen LogP contribution in [-0.2, 0) is 6.54 Å². The normalized spacial score (nSPS) is 11.1. The van der Waals surface area contributed by atoms with Crippen LogP contribution in [0.15, 0.2) is 36.5 Å². The van der Waals surface area contributed by atoms with Gasteiger partial charge in [0.1, 0.15) is 0 Å². The van der Waals surface area contributed by atoms with E-state index in [1.165, 1.54) is 6.08 Å². The van der Waals surface area contributed by atoms with E-state index in [1.54, 1.807) is 35.2 Å². The fraction of sp³-hybridized carbons (Fsp3) is 0.143. The van der Waals surface area contributed by atoms with Gasteiger partial charge in [-0.05, 0) is 43.3 Å². The van der Waals surface area contributed by atoms with Gasteiger partial charge < -0.3 is 0 Å². The lowest BCUT2D eigenvalue weighted by Crippen LogP contribution is -1.99. The van der Waals surface area contributed by atoms with Crippen LogP contribution in [0.25, 0.3) is 6.08 Å². The minimum Gasteiger partial charge on any atom is -0.289 e. The van der Waals surface area contributed by atoms with Crippen molar-refractivity contribution in [3.05, 3.63) is 57.8 Å². The van der Waals surface area contributed by atoms with E-state index >= 15 is 0 Å². The maximum Gasteiger partial charge on any atom is 0.187 e. The molecule has 3 nitrogen and oxygen atoms in total. The Hall–Kier alpha value is -1.58. The van der Waals surface area contributed by atoms with Crippen LogP contribution in [0, 0.1) is 0 Å². The van der Waals surface area contributed by atoms with Gasteiger partial charge in [-0.1, -0.05) is 23.2 Å². The number of aryl methyl sites for hydroxylation is 1. The first-order chi connectivity index (χ1) is 9.11. The zero-order valence-electron chi connectivity index (χ0n) is 10.3. The van der Waals surface area contributed by atoms with Crippen LogP contribution >= 0.6 is 23.2 Å². The summed E-state index contributed by atoms with van der Waals surface area (Å²) >= 11 is 11.8. The lowest BCUT2D eigenvalue weighted by atomic mass is 10.1. The second-order valence-corrected chi connectivity index (χ2v) is 4.74. The number of hydrogen-bond acceptors (Lipinski definition) is 2. The molecule has 98 valence electrons. The van der Waals surface area contributed by atoms with Crippen molar-refractivity contribution >= 4 is 35.1 Å². The third kappa shape index (κ3) is 3.25. The highest BCUT2D eigenvalue weighted by atomic mass is 35.5. The Morgan fingerprint density at radius 2 is 2.16 bits per heavy atom. The van der Waals surface area contributed by atoms with Gasteiger partial charge in [-0.15, -0.1) is 0 Å². The number of nitrogens with zero attached hydrogens (tertiary/aromatic N) is 2. The van der Waals surface area contributed by atoms with Gasteiger partial charge in [0, 0.05) is 23.3 Å². The summed E-state index contributed by atoms with van der Waals surface area (Å²) in [4.78, 5) is 12.0. The molecule has 0 radical (unpaired) electrons. The molecule has 1 aromatic carbocycles. The average Bonchev–Trinajstić information content (AvgIpc) is 2.83. The highest BCUT2D eigenvalue weighted by Gasteiger charge is 2.08. The van der Waals surface area contributed by atoms with Gasteiger partial charge >= 0.3 is 0 Å². The third-order valence-corrected chi connectivity index (χ3v) is 3.20. The Kier molecular flexibility index (Phi) is 4.40. The van der Waals surface area contributed by atoms with Crippen molar-refractivity contribution in [2.45, 2.75) is 13.5 Å². The number of allylic oxidation sites excluding steroid dienone is 1. The number of benzene rings is 1. The number of carbonyl (C=O) groups is 1. The van der Waals surface area contributed by atoms with Crippen LogP contribution in [0.1, 0.15) is 23.0 Å². The minimum absolute atomic E-state index is 0.162.